The van der Waals surface area contributed by atoms with Gasteiger partial charge in [-0.1, -0.05) is 57.0 Å². The number of ether oxygens (including phenoxy) is 1. The third kappa shape index (κ3) is 6.93. The predicted octanol–water partition coefficient (Wildman–Crippen LogP) is 5.23. The molecule has 0 aliphatic heterocycles. The van der Waals surface area contributed by atoms with Crippen molar-refractivity contribution in [2.24, 2.45) is 5.92 Å². The van der Waals surface area contributed by atoms with E-state index < -0.39 is 18.4 Å². The summed E-state index contributed by atoms with van der Waals surface area (Å²) in [6, 6.07) is 6.96. The minimum absolute atomic E-state index is 0.0880. The molecule has 0 saturated heterocycles. The molecule has 2 rings (SSSR count). The van der Waals surface area contributed by atoms with Crippen LogP contribution in [0.1, 0.15) is 51.7 Å². The molecule has 3 nitrogen and oxygen atoms in total. The fraction of sp³-hybridized carbons (Fsp3) is 0.588. The summed E-state index contributed by atoms with van der Waals surface area (Å²) < 4.78 is 43.7. The number of hydrogen-bond donors (Lipinski definition) is 1. The summed E-state index contributed by atoms with van der Waals surface area (Å²) in [7, 11) is 0. The van der Waals surface area contributed by atoms with E-state index in [1.807, 2.05) is 13.8 Å². The highest BCUT2D eigenvalue weighted by Crippen LogP contribution is 2.36. The van der Waals surface area contributed by atoms with E-state index in [1.54, 1.807) is 13.0 Å². The van der Waals surface area contributed by atoms with Crippen molar-refractivity contribution in [3.63, 3.8) is 0 Å². The van der Waals surface area contributed by atoms with Gasteiger partial charge in [0, 0.05) is 11.6 Å². The van der Waals surface area contributed by atoms with Crippen LogP contribution in [0.4, 0.5) is 18.0 Å². The van der Waals surface area contributed by atoms with E-state index in [-0.39, 0.29) is 11.6 Å². The second-order valence-corrected chi connectivity index (χ2v) is 5.46. The summed E-state index contributed by atoms with van der Waals surface area (Å²) >= 11 is 0. The summed E-state index contributed by atoms with van der Waals surface area (Å²) in [5, 5.41) is 2.46. The maximum atomic E-state index is 13.0. The molecule has 2 atom stereocenters. The molecule has 1 N–H and O–H groups in total. The number of rotatable bonds is 5. The summed E-state index contributed by atoms with van der Waals surface area (Å²) in [6.45, 7) is 5.77. The smallest absolute Gasteiger partial charge is 0.429 e. The number of nitrogens with one attached hydrogen (secondary N) is 1. The van der Waals surface area contributed by atoms with Crippen molar-refractivity contribution in [2.45, 2.75) is 58.4 Å². The van der Waals surface area contributed by atoms with Crippen LogP contribution in [0.3, 0.4) is 0 Å². The molecule has 0 bridgehead atoms. The molecule has 1 aliphatic carbocycles. The minimum Gasteiger partial charge on any atom is -0.432 e. The highest BCUT2D eigenvalue weighted by atomic mass is 19.4. The number of alkyl halides is 3. The Labute approximate surface area is 135 Å². The standard InChI is InChI=1S/C15H18F3NO2.C2H6/c1-10(9-11-7-8-11)19-14(20)21-13(15(16,17)18)12-5-3-2-4-6-12;1-2/h2-6,10-11,13H,7-9H2,1H3,(H,19,20);1-2H3. The number of carbonyl (C=O) groups is 1. The predicted molar refractivity (Wildman–Crippen MR) is 83.0 cm³/mol. The molecule has 23 heavy (non-hydrogen) atoms. The lowest BCUT2D eigenvalue weighted by Gasteiger charge is -2.22. The lowest BCUT2D eigenvalue weighted by molar-refractivity contribution is -0.206. The zero-order valence-corrected chi connectivity index (χ0v) is 13.7. The molecule has 0 heterocycles. The van der Waals surface area contributed by atoms with Gasteiger partial charge in [0.2, 0.25) is 6.10 Å². The second-order valence-electron chi connectivity index (χ2n) is 5.46. The molecule has 0 aromatic heterocycles. The van der Waals surface area contributed by atoms with E-state index >= 15 is 0 Å². The van der Waals surface area contributed by atoms with E-state index in [4.69, 9.17) is 0 Å². The Morgan fingerprint density at radius 1 is 1.26 bits per heavy atom. The van der Waals surface area contributed by atoms with Gasteiger partial charge in [0.15, 0.2) is 0 Å². The second kappa shape index (κ2) is 8.79. The van der Waals surface area contributed by atoms with Gasteiger partial charge in [0.1, 0.15) is 0 Å². The van der Waals surface area contributed by atoms with Crippen LogP contribution in [0, 0.1) is 5.92 Å². The Hall–Kier alpha value is -1.72. The summed E-state index contributed by atoms with van der Waals surface area (Å²) in [5.74, 6) is 0.577. The summed E-state index contributed by atoms with van der Waals surface area (Å²) in [5.41, 5.74) is -0.0880. The SMILES string of the molecule is CC.CC(CC1CC1)NC(=O)OC(c1ccccc1)C(F)(F)F. The van der Waals surface area contributed by atoms with Gasteiger partial charge in [0.05, 0.1) is 0 Å². The molecule has 130 valence electrons. The van der Waals surface area contributed by atoms with Gasteiger partial charge in [-0.3, -0.25) is 0 Å². The fourth-order valence-electron chi connectivity index (χ4n) is 2.21. The zero-order valence-electron chi connectivity index (χ0n) is 13.7. The topological polar surface area (TPSA) is 38.3 Å². The van der Waals surface area contributed by atoms with Gasteiger partial charge >= 0.3 is 12.3 Å². The van der Waals surface area contributed by atoms with E-state index in [0.717, 1.165) is 19.3 Å². The Kier molecular flexibility index (Phi) is 7.39. The quantitative estimate of drug-likeness (QED) is 0.802. The van der Waals surface area contributed by atoms with E-state index in [2.05, 4.69) is 10.1 Å². The van der Waals surface area contributed by atoms with Crippen molar-refractivity contribution in [1.29, 1.82) is 0 Å². The summed E-state index contributed by atoms with van der Waals surface area (Å²) in [6.07, 6.45) is -4.90. The van der Waals surface area contributed by atoms with Crippen LogP contribution in [0.2, 0.25) is 0 Å². The van der Waals surface area contributed by atoms with Gasteiger partial charge in [-0.2, -0.15) is 13.2 Å². The average Bonchev–Trinajstić information content (AvgIpc) is 3.30. The molecule has 1 amide bonds. The number of hydrogen-bond acceptors (Lipinski definition) is 2. The van der Waals surface area contributed by atoms with Gasteiger partial charge in [0.25, 0.3) is 0 Å². The van der Waals surface area contributed by atoms with E-state index in [9.17, 15) is 18.0 Å². The number of halogens is 3. The molecule has 1 aliphatic rings. The van der Waals surface area contributed by atoms with Crippen molar-refractivity contribution in [2.75, 3.05) is 0 Å². The molecule has 2 unspecified atom stereocenters. The minimum atomic E-state index is -4.64. The average molecular weight is 331 g/mol. The number of alkyl carbamates (subject to hydrolysis) is 1. The van der Waals surface area contributed by atoms with Gasteiger partial charge in [-0.05, 0) is 19.3 Å². The fourth-order valence-corrected chi connectivity index (χ4v) is 2.21. The normalized spacial score (nSPS) is 16.6. The van der Waals surface area contributed by atoms with Crippen molar-refractivity contribution in [3.8, 4) is 0 Å². The third-order valence-corrected chi connectivity index (χ3v) is 3.37. The molecular formula is C17H24F3NO2. The van der Waals surface area contributed by atoms with Crippen molar-refractivity contribution in [3.05, 3.63) is 35.9 Å². The lowest BCUT2D eigenvalue weighted by atomic mass is 10.1. The van der Waals surface area contributed by atoms with Crippen LogP contribution >= 0.6 is 0 Å². The highest BCUT2D eigenvalue weighted by Gasteiger charge is 2.44. The Morgan fingerprint density at radius 2 is 1.83 bits per heavy atom. The monoisotopic (exact) mass is 331 g/mol. The maximum Gasteiger partial charge on any atom is 0.429 e. The van der Waals surface area contributed by atoms with Gasteiger partial charge in [-0.15, -0.1) is 0 Å². The molecule has 1 aromatic rings. The van der Waals surface area contributed by atoms with Crippen LogP contribution < -0.4 is 5.32 Å². The van der Waals surface area contributed by atoms with Crippen LogP contribution in [0.25, 0.3) is 0 Å². The molecule has 0 spiro atoms. The first-order valence-corrected chi connectivity index (χ1v) is 7.95. The zero-order chi connectivity index (χ0) is 17.5. The first kappa shape index (κ1) is 19.3. The third-order valence-electron chi connectivity index (χ3n) is 3.37. The van der Waals surface area contributed by atoms with Gasteiger partial charge < -0.3 is 10.1 Å². The Bertz CT molecular complexity index is 472. The molecule has 1 aromatic carbocycles. The molecular weight excluding hydrogens is 307 g/mol. The van der Waals surface area contributed by atoms with Gasteiger partial charge in [-0.25, -0.2) is 4.79 Å². The Morgan fingerprint density at radius 3 is 2.30 bits per heavy atom. The van der Waals surface area contributed by atoms with Crippen molar-refractivity contribution >= 4 is 6.09 Å². The first-order chi connectivity index (χ1) is 10.9. The number of amides is 1. The van der Waals surface area contributed by atoms with E-state index in [1.165, 1.54) is 24.3 Å². The van der Waals surface area contributed by atoms with Crippen LogP contribution in [0.5, 0.6) is 0 Å². The first-order valence-electron chi connectivity index (χ1n) is 7.95. The van der Waals surface area contributed by atoms with E-state index in [0.29, 0.717) is 5.92 Å². The van der Waals surface area contributed by atoms with Crippen LogP contribution in [-0.4, -0.2) is 18.3 Å². The van der Waals surface area contributed by atoms with Crippen molar-refractivity contribution in [1.82, 2.24) is 5.32 Å². The molecule has 6 heteroatoms. The number of carbonyl (C=O) groups excluding carboxylic acids is 1. The molecule has 1 saturated carbocycles. The highest BCUT2D eigenvalue weighted by molar-refractivity contribution is 5.68. The lowest BCUT2D eigenvalue weighted by Crippen LogP contribution is -2.37. The summed E-state index contributed by atoms with van der Waals surface area (Å²) in [4.78, 5) is 11.7. The Balaban J connectivity index is 0.00000127. The number of benzene rings is 1. The van der Waals surface area contributed by atoms with Crippen LogP contribution in [0.15, 0.2) is 30.3 Å². The molecule has 0 radical (unpaired) electrons. The van der Waals surface area contributed by atoms with Crippen molar-refractivity contribution < 1.29 is 22.7 Å². The largest absolute Gasteiger partial charge is 0.432 e. The van der Waals surface area contributed by atoms with Crippen LogP contribution in [-0.2, 0) is 4.74 Å². The maximum absolute atomic E-state index is 13.0. The molecule has 1 fully saturated rings.